The van der Waals surface area contributed by atoms with E-state index < -0.39 is 22.6 Å². The summed E-state index contributed by atoms with van der Waals surface area (Å²) in [6.07, 6.45) is 9.06. The van der Waals surface area contributed by atoms with Crippen LogP contribution in [0.25, 0.3) is 17.1 Å². The van der Waals surface area contributed by atoms with Gasteiger partial charge in [0.05, 0.1) is 37.1 Å². The lowest BCUT2D eigenvalue weighted by Gasteiger charge is -2.34. The van der Waals surface area contributed by atoms with Crippen LogP contribution < -0.4 is 15.3 Å². The molecule has 11 nitrogen and oxygen atoms in total. The number of aromatic nitrogens is 6. The van der Waals surface area contributed by atoms with E-state index in [9.17, 15) is 14.7 Å². The maximum atomic E-state index is 16.5. The summed E-state index contributed by atoms with van der Waals surface area (Å²) in [7, 11) is 1.71. The number of aryl methyl sites for hydroxylation is 1. The fraction of sp³-hybridized carbons (Fsp3) is 0.280. The van der Waals surface area contributed by atoms with E-state index >= 15 is 4.48 Å². The van der Waals surface area contributed by atoms with Gasteiger partial charge >= 0.3 is 5.97 Å². The summed E-state index contributed by atoms with van der Waals surface area (Å²) in [6.45, 7) is 2.30. The van der Waals surface area contributed by atoms with Crippen molar-refractivity contribution >= 4 is 23.4 Å². The van der Waals surface area contributed by atoms with Crippen molar-refractivity contribution in [3.8, 4) is 22.8 Å². The van der Waals surface area contributed by atoms with E-state index in [1.165, 1.54) is 64.1 Å². The minimum Gasteiger partial charge on any atom is -0.491 e. The molecule has 1 aromatic carbocycles. The molecule has 0 fully saturated rings. The molecule has 0 spiro atoms. The standard InChI is InChI=1S/C25H26FN7O4S/c1-4-37-20-14-27-23(28-15-20)17-6-5-7-18(12-17)33(26)25(24(35)36,9-11-38-3)22-21(34)8-10-32(30-22)19-13-29-31(2)16-19/h5-8,10,12-16H,4,9,11H2,1-3H3,(H,35,36)/t25-/m0/s1. The van der Waals surface area contributed by atoms with Gasteiger partial charge < -0.3 is 9.84 Å². The average Bonchev–Trinajstić information content (AvgIpc) is 3.36. The summed E-state index contributed by atoms with van der Waals surface area (Å²) in [5, 5.41) is 18.9. The van der Waals surface area contributed by atoms with E-state index in [0.29, 0.717) is 29.4 Å². The second-order valence-corrected chi connectivity index (χ2v) is 9.25. The normalized spacial score (nSPS) is 12.6. The Labute approximate surface area is 221 Å². The molecule has 0 radical (unpaired) electrons. The number of carboxylic acids is 1. The number of hydrogen-bond donors (Lipinski definition) is 1. The zero-order valence-electron chi connectivity index (χ0n) is 21.0. The highest BCUT2D eigenvalue weighted by atomic mass is 32.2. The monoisotopic (exact) mass is 539 g/mol. The molecule has 1 N–H and O–H groups in total. The Bertz CT molecular complexity index is 1480. The quantitative estimate of drug-likeness (QED) is 0.284. The van der Waals surface area contributed by atoms with Crippen LogP contribution in [0.1, 0.15) is 19.0 Å². The van der Waals surface area contributed by atoms with E-state index in [4.69, 9.17) is 4.74 Å². The fourth-order valence-electron chi connectivity index (χ4n) is 3.91. The molecule has 0 aliphatic heterocycles. The number of thioether (sulfide) groups is 1. The minimum atomic E-state index is -2.41. The van der Waals surface area contributed by atoms with Crippen LogP contribution in [-0.2, 0) is 17.4 Å². The number of ether oxygens (including phenoxy) is 1. The van der Waals surface area contributed by atoms with Gasteiger partial charge in [-0.05, 0) is 37.5 Å². The molecule has 0 bridgehead atoms. The van der Waals surface area contributed by atoms with Gasteiger partial charge in [-0.3, -0.25) is 9.48 Å². The van der Waals surface area contributed by atoms with Crippen LogP contribution in [-0.4, -0.2) is 59.2 Å². The van der Waals surface area contributed by atoms with Crippen LogP contribution in [0, 0.1) is 0 Å². The molecule has 198 valence electrons. The van der Waals surface area contributed by atoms with E-state index in [2.05, 4.69) is 20.2 Å². The molecule has 0 saturated heterocycles. The Kier molecular flexibility index (Phi) is 8.05. The molecule has 0 aliphatic rings. The van der Waals surface area contributed by atoms with Gasteiger partial charge in [-0.15, -0.1) is 0 Å². The summed E-state index contributed by atoms with van der Waals surface area (Å²) in [5.41, 5.74) is -2.74. The Hall–Kier alpha value is -4.26. The lowest BCUT2D eigenvalue weighted by Crippen LogP contribution is -2.52. The first-order valence-electron chi connectivity index (χ1n) is 11.6. The van der Waals surface area contributed by atoms with Gasteiger partial charge in [0.1, 0.15) is 11.4 Å². The third-order valence-corrected chi connectivity index (χ3v) is 6.40. The van der Waals surface area contributed by atoms with Crippen molar-refractivity contribution < 1.29 is 19.1 Å². The molecule has 0 amide bonds. The number of carboxylic acid groups (broad SMARTS) is 1. The Morgan fingerprint density at radius 3 is 2.63 bits per heavy atom. The van der Waals surface area contributed by atoms with Gasteiger partial charge in [0.25, 0.3) is 0 Å². The Balaban J connectivity index is 1.83. The first-order valence-corrected chi connectivity index (χ1v) is 13.0. The highest BCUT2D eigenvalue weighted by Gasteiger charge is 2.51. The van der Waals surface area contributed by atoms with Crippen molar-refractivity contribution in [1.29, 1.82) is 0 Å². The van der Waals surface area contributed by atoms with E-state index in [1.807, 2.05) is 6.92 Å². The molecule has 1 atom stereocenters. The molecule has 3 aromatic heterocycles. The van der Waals surface area contributed by atoms with Crippen molar-refractivity contribution in [3.63, 3.8) is 0 Å². The Morgan fingerprint density at radius 1 is 1.24 bits per heavy atom. The molecule has 3 heterocycles. The van der Waals surface area contributed by atoms with Crippen molar-refractivity contribution in [2.24, 2.45) is 7.05 Å². The maximum Gasteiger partial charge on any atom is 0.338 e. The molecule has 0 aliphatic carbocycles. The van der Waals surface area contributed by atoms with E-state index in [1.54, 1.807) is 31.6 Å². The molecule has 0 saturated carbocycles. The van der Waals surface area contributed by atoms with Gasteiger partial charge in [-0.1, -0.05) is 16.6 Å². The number of halogens is 1. The number of hydrogen-bond acceptors (Lipinski definition) is 9. The SMILES string of the molecule is CCOc1cnc(-c2cccc(N(F)[C@](CCSC)(C(=O)O)c3nn(-c4cnn(C)c4)ccc3=O)c2)nc1. The topological polar surface area (TPSA) is 128 Å². The summed E-state index contributed by atoms with van der Waals surface area (Å²) < 4.78 is 24.7. The zero-order chi connectivity index (χ0) is 27.3. The highest BCUT2D eigenvalue weighted by molar-refractivity contribution is 7.98. The van der Waals surface area contributed by atoms with Gasteiger partial charge in [-0.2, -0.15) is 27.1 Å². The average molecular weight is 540 g/mol. The number of benzene rings is 1. The number of anilines is 1. The number of aliphatic carboxylic acids is 1. The van der Waals surface area contributed by atoms with Gasteiger partial charge in [0.15, 0.2) is 11.6 Å². The summed E-state index contributed by atoms with van der Waals surface area (Å²) >= 11 is 1.33. The molecular formula is C25H26FN7O4S. The Morgan fingerprint density at radius 2 is 2.00 bits per heavy atom. The van der Waals surface area contributed by atoms with Crippen molar-refractivity contribution in [1.82, 2.24) is 29.5 Å². The number of rotatable bonds is 11. The van der Waals surface area contributed by atoms with Crippen molar-refractivity contribution in [2.75, 3.05) is 23.7 Å². The van der Waals surface area contributed by atoms with Crippen LogP contribution in [0.5, 0.6) is 5.75 Å². The third-order valence-electron chi connectivity index (χ3n) is 5.78. The van der Waals surface area contributed by atoms with Gasteiger partial charge in [-0.25, -0.2) is 19.4 Å². The molecule has 38 heavy (non-hydrogen) atoms. The maximum absolute atomic E-state index is 16.5. The number of carbonyl (C=O) groups is 1. The van der Waals surface area contributed by atoms with Crippen LogP contribution in [0.3, 0.4) is 0 Å². The molecule has 13 heteroatoms. The van der Waals surface area contributed by atoms with Crippen molar-refractivity contribution in [3.05, 3.63) is 77.2 Å². The summed E-state index contributed by atoms with van der Waals surface area (Å²) in [6, 6.07) is 7.24. The van der Waals surface area contributed by atoms with Crippen LogP contribution >= 0.6 is 11.8 Å². The summed E-state index contributed by atoms with van der Waals surface area (Å²) in [4.78, 5) is 34.4. The first kappa shape index (κ1) is 26.8. The molecular weight excluding hydrogens is 513 g/mol. The predicted octanol–water partition coefficient (Wildman–Crippen LogP) is 3.25. The second kappa shape index (κ2) is 11.4. The first-order chi connectivity index (χ1) is 18.3. The summed E-state index contributed by atoms with van der Waals surface area (Å²) in [5.74, 6) is -0.519. The van der Waals surface area contributed by atoms with E-state index in [-0.39, 0.29) is 23.0 Å². The van der Waals surface area contributed by atoms with Crippen molar-refractivity contribution in [2.45, 2.75) is 18.9 Å². The molecule has 0 unspecified atom stereocenters. The fourth-order valence-corrected chi connectivity index (χ4v) is 4.41. The molecule has 4 aromatic rings. The van der Waals surface area contributed by atoms with Crippen LogP contribution in [0.4, 0.5) is 10.2 Å². The lowest BCUT2D eigenvalue weighted by atomic mass is 9.90. The third kappa shape index (κ3) is 5.23. The zero-order valence-corrected chi connectivity index (χ0v) is 21.8. The minimum absolute atomic E-state index is 0.0959. The molecule has 4 rings (SSSR count). The van der Waals surface area contributed by atoms with Gasteiger partial charge in [0, 0.05) is 24.9 Å². The smallest absolute Gasteiger partial charge is 0.338 e. The predicted molar refractivity (Wildman–Crippen MR) is 141 cm³/mol. The lowest BCUT2D eigenvalue weighted by molar-refractivity contribution is -0.145. The van der Waals surface area contributed by atoms with E-state index in [0.717, 1.165) is 0 Å². The largest absolute Gasteiger partial charge is 0.491 e. The van der Waals surface area contributed by atoms with Crippen LogP contribution in [0.2, 0.25) is 0 Å². The highest BCUT2D eigenvalue weighted by Crippen LogP contribution is 2.37. The second-order valence-electron chi connectivity index (χ2n) is 8.26. The van der Waals surface area contributed by atoms with Crippen LogP contribution in [0.15, 0.2) is 66.1 Å². The van der Waals surface area contributed by atoms with Gasteiger partial charge in [0.2, 0.25) is 11.0 Å². The number of nitrogens with zero attached hydrogens (tertiary/aromatic N) is 7.